The van der Waals surface area contributed by atoms with Crippen molar-refractivity contribution in [3.63, 3.8) is 0 Å². The molecule has 0 fully saturated rings. The second-order valence-electron chi connectivity index (χ2n) is 4.63. The van der Waals surface area contributed by atoms with E-state index in [2.05, 4.69) is 10.6 Å². The van der Waals surface area contributed by atoms with Crippen LogP contribution >= 0.6 is 11.6 Å². The van der Waals surface area contributed by atoms with E-state index in [1.807, 2.05) is 0 Å². The van der Waals surface area contributed by atoms with Gasteiger partial charge in [-0.15, -0.1) is 0 Å². The molecule has 8 heteroatoms. The molecule has 0 saturated heterocycles. The van der Waals surface area contributed by atoms with Crippen LogP contribution in [0, 0.1) is 17.5 Å². The number of anilines is 1. The lowest BCUT2D eigenvalue weighted by molar-refractivity contribution is 0.225. The van der Waals surface area contributed by atoms with Crippen LogP contribution in [0.3, 0.4) is 0 Å². The van der Waals surface area contributed by atoms with Crippen molar-refractivity contribution in [1.29, 1.82) is 0 Å². The van der Waals surface area contributed by atoms with Crippen molar-refractivity contribution < 1.29 is 23.1 Å². The van der Waals surface area contributed by atoms with Gasteiger partial charge in [-0.2, -0.15) is 0 Å². The third-order valence-electron chi connectivity index (χ3n) is 3.02. The highest BCUT2D eigenvalue weighted by atomic mass is 35.5. The van der Waals surface area contributed by atoms with Crippen LogP contribution in [0.5, 0.6) is 0 Å². The minimum Gasteiger partial charge on any atom is -0.394 e. The van der Waals surface area contributed by atoms with E-state index in [4.69, 9.17) is 11.6 Å². The number of aliphatic hydroxyl groups excluding tert-OH is 1. The maximum Gasteiger partial charge on any atom is 0.319 e. The lowest BCUT2D eigenvalue weighted by atomic mass is 10.1. The number of rotatable bonds is 4. The monoisotopic (exact) mass is 344 g/mol. The summed E-state index contributed by atoms with van der Waals surface area (Å²) in [5.74, 6) is -3.77. The predicted octanol–water partition coefficient (Wildman–Crippen LogP) is 3.61. The molecule has 0 saturated carbocycles. The molecule has 2 rings (SSSR count). The zero-order valence-corrected chi connectivity index (χ0v) is 12.4. The van der Waals surface area contributed by atoms with Gasteiger partial charge in [0.25, 0.3) is 0 Å². The number of carbonyl (C=O) groups is 1. The summed E-state index contributed by atoms with van der Waals surface area (Å²) >= 11 is 5.75. The molecular formula is C15H12ClF3N2O2. The van der Waals surface area contributed by atoms with E-state index in [0.29, 0.717) is 22.7 Å². The Morgan fingerprint density at radius 3 is 2.30 bits per heavy atom. The van der Waals surface area contributed by atoms with Crippen LogP contribution in [0.4, 0.5) is 23.7 Å². The molecule has 0 aliphatic heterocycles. The van der Waals surface area contributed by atoms with Gasteiger partial charge < -0.3 is 15.7 Å². The largest absolute Gasteiger partial charge is 0.394 e. The SMILES string of the molecule is O=C(Nc1cc(F)c(F)cc1F)NC(CO)c1ccc(Cl)cc1. The number of urea groups is 1. The first-order valence-electron chi connectivity index (χ1n) is 6.49. The summed E-state index contributed by atoms with van der Waals surface area (Å²) in [6.07, 6.45) is 0. The van der Waals surface area contributed by atoms with E-state index in [1.165, 1.54) is 0 Å². The fourth-order valence-corrected chi connectivity index (χ4v) is 1.99. The van der Waals surface area contributed by atoms with Gasteiger partial charge >= 0.3 is 6.03 Å². The van der Waals surface area contributed by atoms with Gasteiger partial charge in [0.05, 0.1) is 18.3 Å². The maximum atomic E-state index is 13.5. The quantitative estimate of drug-likeness (QED) is 0.742. The Bertz CT molecular complexity index is 711. The molecule has 2 amide bonds. The average Bonchev–Trinajstić information content (AvgIpc) is 2.51. The topological polar surface area (TPSA) is 61.4 Å². The number of benzene rings is 2. The van der Waals surface area contributed by atoms with E-state index < -0.39 is 41.8 Å². The molecule has 3 N–H and O–H groups in total. The molecule has 2 aromatic carbocycles. The molecule has 0 aromatic heterocycles. The molecule has 0 aliphatic carbocycles. The van der Waals surface area contributed by atoms with Crippen molar-refractivity contribution in [3.8, 4) is 0 Å². The van der Waals surface area contributed by atoms with Crippen molar-refractivity contribution in [2.24, 2.45) is 0 Å². The van der Waals surface area contributed by atoms with Crippen molar-refractivity contribution in [2.75, 3.05) is 11.9 Å². The van der Waals surface area contributed by atoms with E-state index in [1.54, 1.807) is 24.3 Å². The van der Waals surface area contributed by atoms with Gasteiger partial charge in [0, 0.05) is 17.2 Å². The van der Waals surface area contributed by atoms with Crippen molar-refractivity contribution in [3.05, 3.63) is 64.4 Å². The van der Waals surface area contributed by atoms with Crippen LogP contribution in [0.25, 0.3) is 0 Å². The zero-order valence-electron chi connectivity index (χ0n) is 11.6. The predicted molar refractivity (Wildman–Crippen MR) is 79.7 cm³/mol. The third-order valence-corrected chi connectivity index (χ3v) is 3.27. The van der Waals surface area contributed by atoms with Gasteiger partial charge in [-0.25, -0.2) is 18.0 Å². The van der Waals surface area contributed by atoms with Crippen molar-refractivity contribution in [1.82, 2.24) is 5.32 Å². The highest BCUT2D eigenvalue weighted by molar-refractivity contribution is 6.30. The Balaban J connectivity index is 2.08. The lowest BCUT2D eigenvalue weighted by Crippen LogP contribution is -2.34. The van der Waals surface area contributed by atoms with E-state index in [9.17, 15) is 23.1 Å². The van der Waals surface area contributed by atoms with Crippen molar-refractivity contribution in [2.45, 2.75) is 6.04 Å². The highest BCUT2D eigenvalue weighted by Gasteiger charge is 2.16. The second kappa shape index (κ2) is 7.34. The molecule has 0 bridgehead atoms. The number of amides is 2. The van der Waals surface area contributed by atoms with E-state index >= 15 is 0 Å². The first-order chi connectivity index (χ1) is 10.9. The average molecular weight is 345 g/mol. The van der Waals surface area contributed by atoms with Crippen LogP contribution in [-0.4, -0.2) is 17.7 Å². The fraction of sp³-hybridized carbons (Fsp3) is 0.133. The normalized spacial score (nSPS) is 11.9. The number of carbonyl (C=O) groups excluding carboxylic acids is 1. The molecule has 0 radical (unpaired) electrons. The van der Waals surface area contributed by atoms with Crippen LogP contribution in [0.15, 0.2) is 36.4 Å². The summed E-state index contributed by atoms with van der Waals surface area (Å²) in [4.78, 5) is 11.8. The molecule has 0 aliphatic rings. The lowest BCUT2D eigenvalue weighted by Gasteiger charge is -2.17. The van der Waals surface area contributed by atoms with E-state index in [-0.39, 0.29) is 0 Å². The standard InChI is InChI=1S/C15H12ClF3N2O2/c16-9-3-1-8(2-4-9)14(7-22)21-15(23)20-13-6-11(18)10(17)5-12(13)19/h1-6,14,22H,7H2,(H2,20,21,23). The Morgan fingerprint density at radius 1 is 1.09 bits per heavy atom. The van der Waals surface area contributed by atoms with Gasteiger partial charge in [0.2, 0.25) is 0 Å². The molecule has 0 spiro atoms. The highest BCUT2D eigenvalue weighted by Crippen LogP contribution is 2.19. The molecule has 0 heterocycles. The Kier molecular flexibility index (Phi) is 5.46. The molecule has 4 nitrogen and oxygen atoms in total. The molecule has 1 unspecified atom stereocenters. The van der Waals surface area contributed by atoms with Crippen LogP contribution in [0.1, 0.15) is 11.6 Å². The van der Waals surface area contributed by atoms with Gasteiger partial charge in [-0.1, -0.05) is 23.7 Å². The van der Waals surface area contributed by atoms with E-state index in [0.717, 1.165) is 0 Å². The Morgan fingerprint density at radius 2 is 1.70 bits per heavy atom. The minimum absolute atomic E-state index is 0.327. The van der Waals surface area contributed by atoms with Gasteiger partial charge in [-0.3, -0.25) is 0 Å². The number of halogens is 4. The Hall–Kier alpha value is -2.25. The molecule has 122 valence electrons. The van der Waals surface area contributed by atoms with Crippen LogP contribution < -0.4 is 10.6 Å². The fourth-order valence-electron chi connectivity index (χ4n) is 1.86. The number of hydrogen-bond donors (Lipinski definition) is 3. The van der Waals surface area contributed by atoms with Crippen molar-refractivity contribution >= 4 is 23.3 Å². The molecule has 23 heavy (non-hydrogen) atoms. The summed E-state index contributed by atoms with van der Waals surface area (Å²) in [5.41, 5.74) is 0.0482. The third kappa shape index (κ3) is 4.37. The molecule has 2 aromatic rings. The summed E-state index contributed by atoms with van der Waals surface area (Å²) in [6, 6.07) is 5.55. The van der Waals surface area contributed by atoms with Crippen LogP contribution in [-0.2, 0) is 0 Å². The minimum atomic E-state index is -1.36. The Labute approximate surface area is 134 Å². The first kappa shape index (κ1) is 17.1. The summed E-state index contributed by atoms with van der Waals surface area (Å²) in [7, 11) is 0. The molecule has 1 atom stereocenters. The summed E-state index contributed by atoms with van der Waals surface area (Å²) < 4.78 is 39.4. The van der Waals surface area contributed by atoms with Crippen LogP contribution in [0.2, 0.25) is 5.02 Å². The van der Waals surface area contributed by atoms with Gasteiger partial charge in [-0.05, 0) is 17.7 Å². The molecular weight excluding hydrogens is 333 g/mol. The smallest absolute Gasteiger partial charge is 0.319 e. The summed E-state index contributed by atoms with van der Waals surface area (Å²) in [6.45, 7) is -0.421. The summed E-state index contributed by atoms with van der Waals surface area (Å²) in [5, 5.41) is 14.3. The zero-order chi connectivity index (χ0) is 17.0. The number of aliphatic hydroxyl groups is 1. The second-order valence-corrected chi connectivity index (χ2v) is 5.07. The maximum absolute atomic E-state index is 13.5. The number of nitrogens with one attached hydrogen (secondary N) is 2. The number of hydrogen-bond acceptors (Lipinski definition) is 2. The van der Waals surface area contributed by atoms with Gasteiger partial charge in [0.15, 0.2) is 11.6 Å². The first-order valence-corrected chi connectivity index (χ1v) is 6.87. The van der Waals surface area contributed by atoms with Gasteiger partial charge in [0.1, 0.15) is 5.82 Å².